The molecule has 0 aromatic rings. The molecule has 0 aliphatic carbocycles. The topological polar surface area (TPSA) is 58.6 Å². The molecule has 0 radical (unpaired) electrons. The van der Waals surface area contributed by atoms with Crippen LogP contribution in [0.4, 0.5) is 0 Å². The summed E-state index contributed by atoms with van der Waals surface area (Å²) >= 11 is 0. The fourth-order valence-corrected chi connectivity index (χ4v) is 0.434. The number of hydroxylamine groups is 1. The lowest BCUT2D eigenvalue weighted by molar-refractivity contribution is -0.144. The van der Waals surface area contributed by atoms with E-state index < -0.39 is 12.0 Å². The standard InChI is InChI=1S/C8H17NO3/c1-6(7(10)11)9-12-5-8(2,3)4/h6,9H,5H2,1-4H3,(H,10,11)/t6-/m1/s1. The van der Waals surface area contributed by atoms with Gasteiger partial charge in [0, 0.05) is 0 Å². The maximum absolute atomic E-state index is 10.3. The summed E-state index contributed by atoms with van der Waals surface area (Å²) in [5.74, 6) is -0.913. The van der Waals surface area contributed by atoms with Crippen molar-refractivity contribution in [2.45, 2.75) is 33.7 Å². The molecule has 4 nitrogen and oxygen atoms in total. The zero-order valence-corrected chi connectivity index (χ0v) is 8.05. The van der Waals surface area contributed by atoms with Crippen molar-refractivity contribution in [3.05, 3.63) is 0 Å². The number of carboxylic acid groups (broad SMARTS) is 1. The molecule has 2 N–H and O–H groups in total. The fourth-order valence-electron chi connectivity index (χ4n) is 0.434. The molecule has 0 unspecified atom stereocenters. The maximum Gasteiger partial charge on any atom is 0.322 e. The second-order valence-electron chi connectivity index (χ2n) is 4.03. The minimum Gasteiger partial charge on any atom is -0.480 e. The van der Waals surface area contributed by atoms with Crippen molar-refractivity contribution in [1.82, 2.24) is 5.48 Å². The van der Waals surface area contributed by atoms with Crippen LogP contribution in [0.15, 0.2) is 0 Å². The van der Waals surface area contributed by atoms with Crippen LogP contribution in [-0.4, -0.2) is 23.7 Å². The van der Waals surface area contributed by atoms with Crippen LogP contribution in [0.3, 0.4) is 0 Å². The van der Waals surface area contributed by atoms with Crippen molar-refractivity contribution in [1.29, 1.82) is 0 Å². The first-order valence-electron chi connectivity index (χ1n) is 3.93. The normalized spacial score (nSPS) is 14.3. The van der Waals surface area contributed by atoms with Crippen molar-refractivity contribution in [2.75, 3.05) is 6.61 Å². The highest BCUT2D eigenvalue weighted by Crippen LogP contribution is 2.11. The van der Waals surface area contributed by atoms with Crippen molar-refractivity contribution >= 4 is 5.97 Å². The quantitative estimate of drug-likeness (QED) is 0.626. The molecule has 0 aliphatic heterocycles. The lowest BCUT2D eigenvalue weighted by Gasteiger charge is -2.19. The highest BCUT2D eigenvalue weighted by Gasteiger charge is 2.13. The average Bonchev–Trinajstić information content (AvgIpc) is 1.84. The van der Waals surface area contributed by atoms with E-state index in [2.05, 4.69) is 5.48 Å². The van der Waals surface area contributed by atoms with Gasteiger partial charge in [0.05, 0.1) is 6.61 Å². The van der Waals surface area contributed by atoms with E-state index >= 15 is 0 Å². The van der Waals surface area contributed by atoms with E-state index in [0.29, 0.717) is 6.61 Å². The lowest BCUT2D eigenvalue weighted by atomic mass is 9.99. The van der Waals surface area contributed by atoms with Gasteiger partial charge in [-0.3, -0.25) is 4.79 Å². The average molecular weight is 175 g/mol. The molecular formula is C8H17NO3. The Bertz CT molecular complexity index is 151. The predicted octanol–water partition coefficient (Wildman–Crippen LogP) is 1.03. The van der Waals surface area contributed by atoms with Crippen LogP contribution < -0.4 is 5.48 Å². The minimum absolute atomic E-state index is 0.0468. The summed E-state index contributed by atoms with van der Waals surface area (Å²) in [5.41, 5.74) is 2.49. The number of rotatable bonds is 4. The first kappa shape index (κ1) is 11.4. The van der Waals surface area contributed by atoms with Crippen LogP contribution in [-0.2, 0) is 9.63 Å². The van der Waals surface area contributed by atoms with Gasteiger partial charge in [0.15, 0.2) is 0 Å². The zero-order valence-electron chi connectivity index (χ0n) is 8.05. The van der Waals surface area contributed by atoms with Gasteiger partial charge in [0.1, 0.15) is 6.04 Å². The third-order valence-electron chi connectivity index (χ3n) is 1.14. The van der Waals surface area contributed by atoms with E-state index in [1.54, 1.807) is 0 Å². The molecule has 0 rings (SSSR count). The molecule has 1 atom stereocenters. The smallest absolute Gasteiger partial charge is 0.322 e. The Kier molecular flexibility index (Phi) is 4.20. The number of nitrogens with one attached hydrogen (secondary N) is 1. The van der Waals surface area contributed by atoms with Crippen LogP contribution in [0.2, 0.25) is 0 Å². The van der Waals surface area contributed by atoms with E-state index in [4.69, 9.17) is 9.94 Å². The molecule has 0 fully saturated rings. The molecule has 0 aliphatic rings. The van der Waals surface area contributed by atoms with Gasteiger partial charge in [0.2, 0.25) is 0 Å². The van der Waals surface area contributed by atoms with E-state index in [1.165, 1.54) is 6.92 Å². The molecule has 4 heteroatoms. The molecule has 0 heterocycles. The number of hydrogen-bond acceptors (Lipinski definition) is 3. The summed E-state index contributed by atoms with van der Waals surface area (Å²) in [4.78, 5) is 15.3. The van der Waals surface area contributed by atoms with Crippen molar-refractivity contribution in [3.63, 3.8) is 0 Å². The van der Waals surface area contributed by atoms with E-state index in [9.17, 15) is 4.79 Å². The third kappa shape index (κ3) is 6.12. The lowest BCUT2D eigenvalue weighted by Crippen LogP contribution is -2.35. The van der Waals surface area contributed by atoms with Gasteiger partial charge in [-0.1, -0.05) is 20.8 Å². The van der Waals surface area contributed by atoms with Crippen LogP contribution in [0.25, 0.3) is 0 Å². The minimum atomic E-state index is -0.913. The first-order chi connectivity index (χ1) is 5.33. The Hall–Kier alpha value is -0.610. The zero-order chi connectivity index (χ0) is 9.78. The van der Waals surface area contributed by atoms with Crippen molar-refractivity contribution < 1.29 is 14.7 Å². The Balaban J connectivity index is 3.51. The van der Waals surface area contributed by atoms with Gasteiger partial charge < -0.3 is 9.94 Å². The summed E-state index contributed by atoms with van der Waals surface area (Å²) in [7, 11) is 0. The summed E-state index contributed by atoms with van der Waals surface area (Å²) in [6.07, 6.45) is 0. The Morgan fingerprint density at radius 2 is 2.08 bits per heavy atom. The van der Waals surface area contributed by atoms with Crippen molar-refractivity contribution in [2.24, 2.45) is 5.41 Å². The van der Waals surface area contributed by atoms with Gasteiger partial charge in [0.25, 0.3) is 0 Å². The number of hydrogen-bond donors (Lipinski definition) is 2. The van der Waals surface area contributed by atoms with Gasteiger partial charge in [-0.15, -0.1) is 0 Å². The highest BCUT2D eigenvalue weighted by atomic mass is 16.6. The molecule has 0 saturated carbocycles. The van der Waals surface area contributed by atoms with Gasteiger partial charge in [-0.25, -0.2) is 0 Å². The largest absolute Gasteiger partial charge is 0.480 e. The molecule has 0 aromatic carbocycles. The highest BCUT2D eigenvalue weighted by molar-refractivity contribution is 5.72. The molecule has 0 saturated heterocycles. The second kappa shape index (κ2) is 4.42. The maximum atomic E-state index is 10.3. The summed E-state index contributed by atoms with van der Waals surface area (Å²) in [6, 6.07) is -0.660. The number of carbonyl (C=O) groups is 1. The van der Waals surface area contributed by atoms with E-state index in [1.807, 2.05) is 20.8 Å². The summed E-state index contributed by atoms with van der Waals surface area (Å²) in [5, 5.41) is 8.47. The third-order valence-corrected chi connectivity index (χ3v) is 1.14. The van der Waals surface area contributed by atoms with Crippen molar-refractivity contribution in [3.8, 4) is 0 Å². The van der Waals surface area contributed by atoms with Gasteiger partial charge >= 0.3 is 5.97 Å². The Morgan fingerprint density at radius 1 is 1.58 bits per heavy atom. The summed E-state index contributed by atoms with van der Waals surface area (Å²) in [6.45, 7) is 8.07. The SMILES string of the molecule is C[C@@H](NOCC(C)(C)C)C(=O)O. The molecule has 0 amide bonds. The number of aliphatic carboxylic acids is 1. The Labute approximate surface area is 72.9 Å². The van der Waals surface area contributed by atoms with Crippen LogP contribution in [0.5, 0.6) is 0 Å². The molecule has 0 bridgehead atoms. The monoisotopic (exact) mass is 175 g/mol. The van der Waals surface area contributed by atoms with E-state index in [-0.39, 0.29) is 5.41 Å². The molecule has 0 spiro atoms. The van der Waals surface area contributed by atoms with Gasteiger partial charge in [-0.2, -0.15) is 5.48 Å². The molecule has 72 valence electrons. The van der Waals surface area contributed by atoms with Gasteiger partial charge in [-0.05, 0) is 12.3 Å². The molecular weight excluding hydrogens is 158 g/mol. The van der Waals surface area contributed by atoms with Crippen LogP contribution >= 0.6 is 0 Å². The molecule has 0 aromatic heterocycles. The van der Waals surface area contributed by atoms with E-state index in [0.717, 1.165) is 0 Å². The van der Waals surface area contributed by atoms with Crippen LogP contribution in [0.1, 0.15) is 27.7 Å². The predicted molar refractivity (Wildman–Crippen MR) is 45.6 cm³/mol. The number of carboxylic acids is 1. The van der Waals surface area contributed by atoms with Crippen LogP contribution in [0, 0.1) is 5.41 Å². The molecule has 12 heavy (non-hydrogen) atoms. The summed E-state index contributed by atoms with van der Waals surface area (Å²) < 4.78 is 0. The fraction of sp³-hybridized carbons (Fsp3) is 0.875. The Morgan fingerprint density at radius 3 is 2.42 bits per heavy atom. The first-order valence-corrected chi connectivity index (χ1v) is 3.93. The second-order valence-corrected chi connectivity index (χ2v) is 4.03.